The quantitative estimate of drug-likeness (QED) is 0.623. The molecule has 170 valence electrons. The Morgan fingerprint density at radius 3 is 2.45 bits per heavy atom. The van der Waals surface area contributed by atoms with Gasteiger partial charge in [0.2, 0.25) is 15.2 Å². The van der Waals surface area contributed by atoms with E-state index in [0.29, 0.717) is 29.9 Å². The maximum absolute atomic E-state index is 13.2. The summed E-state index contributed by atoms with van der Waals surface area (Å²) >= 11 is 1.34. The van der Waals surface area contributed by atoms with E-state index in [1.54, 1.807) is 0 Å². The summed E-state index contributed by atoms with van der Waals surface area (Å²) < 4.78 is 33.1. The van der Waals surface area contributed by atoms with Crippen molar-refractivity contribution in [3.63, 3.8) is 0 Å². The lowest BCUT2D eigenvalue weighted by Gasteiger charge is -2.20. The van der Waals surface area contributed by atoms with Crippen LogP contribution in [0.4, 0.5) is 5.13 Å². The lowest BCUT2D eigenvalue weighted by molar-refractivity contribution is 0.102. The molecule has 1 aliphatic rings. The van der Waals surface area contributed by atoms with E-state index in [4.69, 9.17) is 4.74 Å². The van der Waals surface area contributed by atoms with Crippen LogP contribution in [0.25, 0.3) is 0 Å². The average Bonchev–Trinajstić information content (AvgIpc) is 3.04. The first-order chi connectivity index (χ1) is 14.9. The number of amides is 1. The van der Waals surface area contributed by atoms with Gasteiger partial charge in [0.15, 0.2) is 0 Å². The maximum Gasteiger partial charge on any atom is 0.261 e. The summed E-state index contributed by atoms with van der Waals surface area (Å²) in [7, 11) is -2.23. The highest BCUT2D eigenvalue weighted by Gasteiger charge is 2.27. The number of anilines is 1. The molecular weight excluding hydrogens is 436 g/mol. The van der Waals surface area contributed by atoms with Crippen LogP contribution in [0.15, 0.2) is 23.1 Å². The van der Waals surface area contributed by atoms with E-state index in [1.165, 1.54) is 41.0 Å². The number of ether oxygens (including phenoxy) is 1. The Morgan fingerprint density at radius 2 is 1.84 bits per heavy atom. The standard InChI is InChI=1S/C21H30N4O4S2/c1-4-15(5-2)20-23-24-21(30-20)22-19(26)17-14-16(10-11-18(17)29-3)31(27,28)25-12-8-6-7-9-13-25/h10-11,14-15H,4-9,12-13H2,1-3H3,(H,22,24,26). The molecule has 0 radical (unpaired) electrons. The molecule has 0 aliphatic carbocycles. The summed E-state index contributed by atoms with van der Waals surface area (Å²) in [5, 5.41) is 12.3. The van der Waals surface area contributed by atoms with Crippen molar-refractivity contribution >= 4 is 32.4 Å². The number of carbonyl (C=O) groups excluding carboxylic acids is 1. The van der Waals surface area contributed by atoms with E-state index < -0.39 is 15.9 Å². The summed E-state index contributed by atoms with van der Waals surface area (Å²) in [6.07, 6.45) is 5.65. The zero-order valence-electron chi connectivity index (χ0n) is 18.3. The third kappa shape index (κ3) is 5.42. The van der Waals surface area contributed by atoms with E-state index in [9.17, 15) is 13.2 Å². The van der Waals surface area contributed by atoms with Crippen LogP contribution in [0.3, 0.4) is 0 Å². The molecule has 3 rings (SSSR count). The van der Waals surface area contributed by atoms with Crippen LogP contribution in [-0.4, -0.2) is 49.0 Å². The number of hydrogen-bond acceptors (Lipinski definition) is 7. The number of rotatable bonds is 8. The molecule has 1 aromatic carbocycles. The third-order valence-electron chi connectivity index (χ3n) is 5.61. The zero-order chi connectivity index (χ0) is 22.4. The van der Waals surface area contributed by atoms with Gasteiger partial charge in [-0.25, -0.2) is 8.42 Å². The first-order valence-corrected chi connectivity index (χ1v) is 13.0. The number of sulfonamides is 1. The first-order valence-electron chi connectivity index (χ1n) is 10.7. The van der Waals surface area contributed by atoms with Crippen LogP contribution in [0.1, 0.15) is 73.7 Å². The fourth-order valence-electron chi connectivity index (χ4n) is 3.71. The van der Waals surface area contributed by atoms with Crippen molar-refractivity contribution < 1.29 is 17.9 Å². The number of nitrogens with one attached hydrogen (secondary N) is 1. The minimum absolute atomic E-state index is 0.0929. The fourth-order valence-corrected chi connectivity index (χ4v) is 6.26. The molecule has 2 heterocycles. The second kappa shape index (κ2) is 10.5. The molecule has 1 saturated heterocycles. The molecule has 0 atom stereocenters. The molecule has 1 fully saturated rings. The minimum Gasteiger partial charge on any atom is -0.496 e. The number of aromatic nitrogens is 2. The third-order valence-corrected chi connectivity index (χ3v) is 8.51. The molecule has 10 heteroatoms. The summed E-state index contributed by atoms with van der Waals surface area (Å²) in [5.74, 6) is 0.133. The van der Waals surface area contributed by atoms with Gasteiger partial charge in [-0.1, -0.05) is 38.0 Å². The maximum atomic E-state index is 13.2. The Hall–Kier alpha value is -2.04. The zero-order valence-corrected chi connectivity index (χ0v) is 19.9. The lowest BCUT2D eigenvalue weighted by Crippen LogP contribution is -2.32. The molecule has 8 nitrogen and oxygen atoms in total. The monoisotopic (exact) mass is 466 g/mol. The molecule has 1 N–H and O–H groups in total. The highest BCUT2D eigenvalue weighted by Crippen LogP contribution is 2.30. The molecule has 31 heavy (non-hydrogen) atoms. The van der Waals surface area contributed by atoms with Gasteiger partial charge in [0, 0.05) is 19.0 Å². The Labute approximate surface area is 188 Å². The lowest BCUT2D eigenvalue weighted by atomic mass is 10.1. The molecule has 0 saturated carbocycles. The van der Waals surface area contributed by atoms with Gasteiger partial charge >= 0.3 is 0 Å². The van der Waals surface area contributed by atoms with E-state index in [2.05, 4.69) is 29.4 Å². The van der Waals surface area contributed by atoms with Crippen LogP contribution in [-0.2, 0) is 10.0 Å². The molecule has 1 aromatic heterocycles. The minimum atomic E-state index is -3.68. The summed E-state index contributed by atoms with van der Waals surface area (Å²) in [4.78, 5) is 13.1. The topological polar surface area (TPSA) is 101 Å². The van der Waals surface area contributed by atoms with Crippen LogP contribution in [0.5, 0.6) is 5.75 Å². The van der Waals surface area contributed by atoms with Gasteiger partial charge in [-0.3, -0.25) is 10.1 Å². The smallest absolute Gasteiger partial charge is 0.261 e. The fraction of sp³-hybridized carbons (Fsp3) is 0.571. The van der Waals surface area contributed by atoms with E-state index in [0.717, 1.165) is 43.5 Å². The molecule has 1 amide bonds. The van der Waals surface area contributed by atoms with Gasteiger partial charge in [-0.05, 0) is 43.9 Å². The molecule has 0 spiro atoms. The van der Waals surface area contributed by atoms with Gasteiger partial charge in [-0.2, -0.15) is 4.31 Å². The number of carbonyl (C=O) groups is 1. The number of methoxy groups -OCH3 is 1. The van der Waals surface area contributed by atoms with Crippen molar-refractivity contribution in [3.05, 3.63) is 28.8 Å². The van der Waals surface area contributed by atoms with Crippen molar-refractivity contribution in [1.82, 2.24) is 14.5 Å². The van der Waals surface area contributed by atoms with Crippen molar-refractivity contribution in [1.29, 1.82) is 0 Å². The highest BCUT2D eigenvalue weighted by molar-refractivity contribution is 7.89. The molecular formula is C21H30N4O4S2. The Bertz CT molecular complexity index is 995. The highest BCUT2D eigenvalue weighted by atomic mass is 32.2. The SMILES string of the molecule is CCC(CC)c1nnc(NC(=O)c2cc(S(=O)(=O)N3CCCCCC3)ccc2OC)s1. The number of hydrogen-bond donors (Lipinski definition) is 1. The van der Waals surface area contributed by atoms with Gasteiger partial charge in [0.25, 0.3) is 5.91 Å². The predicted octanol–water partition coefficient (Wildman–Crippen LogP) is 4.27. The van der Waals surface area contributed by atoms with E-state index >= 15 is 0 Å². The van der Waals surface area contributed by atoms with Crippen molar-refractivity contribution in [2.24, 2.45) is 0 Å². The first kappa shape index (κ1) is 23.6. The number of benzene rings is 1. The van der Waals surface area contributed by atoms with Crippen LogP contribution in [0, 0.1) is 0 Å². The Morgan fingerprint density at radius 1 is 1.16 bits per heavy atom. The van der Waals surface area contributed by atoms with Crippen molar-refractivity contribution in [3.8, 4) is 5.75 Å². The van der Waals surface area contributed by atoms with Crippen molar-refractivity contribution in [2.45, 2.75) is 63.2 Å². The summed E-state index contributed by atoms with van der Waals surface area (Å²) in [6.45, 7) is 5.18. The molecule has 1 aliphatic heterocycles. The normalized spacial score (nSPS) is 15.6. The Balaban J connectivity index is 1.85. The second-order valence-electron chi connectivity index (χ2n) is 7.59. The van der Waals surface area contributed by atoms with Crippen LogP contribution < -0.4 is 10.1 Å². The second-order valence-corrected chi connectivity index (χ2v) is 10.5. The van der Waals surface area contributed by atoms with Crippen molar-refractivity contribution in [2.75, 3.05) is 25.5 Å². The average molecular weight is 467 g/mol. The Kier molecular flexibility index (Phi) is 8.01. The van der Waals surface area contributed by atoms with Crippen LogP contribution in [0.2, 0.25) is 0 Å². The molecule has 2 aromatic rings. The van der Waals surface area contributed by atoms with Gasteiger partial charge in [0.1, 0.15) is 10.8 Å². The van der Waals surface area contributed by atoms with Gasteiger partial charge < -0.3 is 4.74 Å². The molecule has 0 bridgehead atoms. The largest absolute Gasteiger partial charge is 0.496 e. The number of nitrogens with zero attached hydrogens (tertiary/aromatic N) is 3. The van der Waals surface area contributed by atoms with E-state index in [-0.39, 0.29) is 10.5 Å². The van der Waals surface area contributed by atoms with Gasteiger partial charge in [-0.15, -0.1) is 10.2 Å². The predicted molar refractivity (Wildman–Crippen MR) is 121 cm³/mol. The molecule has 0 unspecified atom stereocenters. The van der Waals surface area contributed by atoms with E-state index in [1.807, 2.05) is 0 Å². The van der Waals surface area contributed by atoms with Gasteiger partial charge in [0.05, 0.1) is 17.6 Å². The summed E-state index contributed by atoms with van der Waals surface area (Å²) in [6, 6.07) is 4.40. The summed E-state index contributed by atoms with van der Waals surface area (Å²) in [5.41, 5.74) is 0.151. The van der Waals surface area contributed by atoms with Crippen LogP contribution >= 0.6 is 11.3 Å².